The third kappa shape index (κ3) is 3.12. The van der Waals surface area contributed by atoms with Crippen LogP contribution in [0.15, 0.2) is 0 Å². The van der Waals surface area contributed by atoms with Gasteiger partial charge in [-0.3, -0.25) is 9.59 Å². The second-order valence-electron chi connectivity index (χ2n) is 6.34. The zero-order valence-electron chi connectivity index (χ0n) is 12.6. The molecule has 2 fully saturated rings. The number of aliphatic hydroxyl groups is 1. The summed E-state index contributed by atoms with van der Waals surface area (Å²) < 4.78 is 0. The molecule has 0 aromatic carbocycles. The number of β-amino-alcohol motifs (C(OH)–C–C–N with tert-alkyl or cyclic N) is 1. The van der Waals surface area contributed by atoms with E-state index in [2.05, 4.69) is 0 Å². The van der Waals surface area contributed by atoms with E-state index in [1.807, 2.05) is 19.0 Å². The Kier molecular flexibility index (Phi) is 4.34. The molecule has 0 aromatic rings. The molecular weight excluding hydrogens is 258 g/mol. The van der Waals surface area contributed by atoms with Gasteiger partial charge in [-0.25, -0.2) is 0 Å². The third-order valence-electron chi connectivity index (χ3n) is 4.20. The lowest BCUT2D eigenvalue weighted by Crippen LogP contribution is -2.49. The van der Waals surface area contributed by atoms with Crippen molar-refractivity contribution in [3.8, 4) is 0 Å². The van der Waals surface area contributed by atoms with Gasteiger partial charge < -0.3 is 19.8 Å². The molecule has 0 spiro atoms. The Morgan fingerprint density at radius 3 is 2.65 bits per heavy atom. The van der Waals surface area contributed by atoms with Gasteiger partial charge in [0.25, 0.3) is 0 Å². The van der Waals surface area contributed by atoms with Crippen molar-refractivity contribution in [3.63, 3.8) is 0 Å². The third-order valence-corrected chi connectivity index (χ3v) is 4.20. The maximum atomic E-state index is 12.5. The van der Waals surface area contributed by atoms with Crippen LogP contribution in [0.2, 0.25) is 0 Å². The molecule has 0 aliphatic carbocycles. The van der Waals surface area contributed by atoms with E-state index in [1.54, 1.807) is 9.80 Å². The zero-order chi connectivity index (χ0) is 14.9. The summed E-state index contributed by atoms with van der Waals surface area (Å²) in [6.07, 6.45) is 2.22. The lowest BCUT2D eigenvalue weighted by Gasteiger charge is -2.29. The predicted molar refractivity (Wildman–Crippen MR) is 75.1 cm³/mol. The number of amides is 2. The van der Waals surface area contributed by atoms with Crippen LogP contribution in [0.5, 0.6) is 0 Å². The molecule has 6 nitrogen and oxygen atoms in total. The van der Waals surface area contributed by atoms with Crippen LogP contribution in [-0.2, 0) is 9.59 Å². The molecule has 2 aliphatic rings. The number of nitrogens with zero attached hydrogens (tertiary/aromatic N) is 3. The highest BCUT2D eigenvalue weighted by Gasteiger charge is 2.42. The monoisotopic (exact) mass is 283 g/mol. The predicted octanol–water partition coefficient (Wildman–Crippen LogP) is -0.478. The van der Waals surface area contributed by atoms with Gasteiger partial charge in [-0.2, -0.15) is 0 Å². The van der Waals surface area contributed by atoms with Gasteiger partial charge in [0.2, 0.25) is 11.8 Å². The van der Waals surface area contributed by atoms with E-state index in [1.165, 1.54) is 6.92 Å². The van der Waals surface area contributed by atoms with Crippen molar-refractivity contribution in [2.45, 2.75) is 37.8 Å². The van der Waals surface area contributed by atoms with Crippen LogP contribution < -0.4 is 0 Å². The molecule has 20 heavy (non-hydrogen) atoms. The van der Waals surface area contributed by atoms with Gasteiger partial charge in [-0.05, 0) is 33.4 Å². The number of likely N-dealkylation sites (N-methyl/N-ethyl adjacent to an activating group) is 1. The summed E-state index contributed by atoms with van der Waals surface area (Å²) in [5, 5.41) is 10.5. The van der Waals surface area contributed by atoms with Gasteiger partial charge in [-0.15, -0.1) is 0 Å². The van der Waals surface area contributed by atoms with Crippen LogP contribution in [0.4, 0.5) is 0 Å². The number of carbonyl (C=O) groups excluding carboxylic acids is 2. The molecule has 0 saturated carbocycles. The average Bonchev–Trinajstić information content (AvgIpc) is 2.93. The lowest BCUT2D eigenvalue weighted by atomic mass is 10.0. The zero-order valence-corrected chi connectivity index (χ0v) is 12.6. The van der Waals surface area contributed by atoms with Crippen LogP contribution in [0.25, 0.3) is 0 Å². The molecule has 2 heterocycles. The minimum atomic E-state index is -0.821. The van der Waals surface area contributed by atoms with Crippen molar-refractivity contribution in [2.24, 2.45) is 0 Å². The van der Waals surface area contributed by atoms with E-state index < -0.39 is 5.60 Å². The second kappa shape index (κ2) is 5.69. The van der Waals surface area contributed by atoms with Crippen LogP contribution in [0.1, 0.15) is 26.2 Å². The Bertz CT molecular complexity index is 399. The van der Waals surface area contributed by atoms with Gasteiger partial charge >= 0.3 is 0 Å². The first-order chi connectivity index (χ1) is 9.32. The molecular formula is C14H25N3O3. The summed E-state index contributed by atoms with van der Waals surface area (Å²) >= 11 is 0. The molecule has 2 rings (SSSR count). The highest BCUT2D eigenvalue weighted by atomic mass is 16.3. The first kappa shape index (κ1) is 15.3. The van der Waals surface area contributed by atoms with Crippen molar-refractivity contribution in [1.82, 2.24) is 14.7 Å². The second-order valence-corrected chi connectivity index (χ2v) is 6.34. The Hall–Kier alpha value is -1.14. The van der Waals surface area contributed by atoms with E-state index in [0.29, 0.717) is 32.6 Å². The fraction of sp³-hybridized carbons (Fsp3) is 0.857. The molecule has 1 N–H and O–H groups in total. The Balaban J connectivity index is 1.99. The number of hydrogen-bond donors (Lipinski definition) is 1. The quantitative estimate of drug-likeness (QED) is 0.760. The van der Waals surface area contributed by atoms with Gasteiger partial charge in [0.15, 0.2) is 0 Å². The van der Waals surface area contributed by atoms with Crippen molar-refractivity contribution in [1.29, 1.82) is 0 Å². The highest BCUT2D eigenvalue weighted by molar-refractivity contribution is 5.87. The molecule has 0 radical (unpaired) electrons. The molecule has 0 bridgehead atoms. The molecule has 114 valence electrons. The van der Waals surface area contributed by atoms with Crippen LogP contribution in [-0.4, -0.2) is 83.5 Å². The summed E-state index contributed by atoms with van der Waals surface area (Å²) in [5.74, 6) is -0.0454. The first-order valence-electron chi connectivity index (χ1n) is 7.25. The highest BCUT2D eigenvalue weighted by Crippen LogP contribution is 2.26. The topological polar surface area (TPSA) is 64.1 Å². The maximum absolute atomic E-state index is 12.5. The Labute approximate surface area is 120 Å². The molecule has 2 atom stereocenters. The van der Waals surface area contributed by atoms with E-state index in [9.17, 15) is 14.7 Å². The fourth-order valence-electron chi connectivity index (χ4n) is 3.37. The van der Waals surface area contributed by atoms with Gasteiger partial charge in [0, 0.05) is 26.6 Å². The largest absolute Gasteiger partial charge is 0.387 e. The summed E-state index contributed by atoms with van der Waals surface area (Å²) in [6, 6.07) is -0.325. The summed E-state index contributed by atoms with van der Waals surface area (Å²) in [5.41, 5.74) is -0.821. The summed E-state index contributed by atoms with van der Waals surface area (Å²) in [7, 11) is 3.83. The van der Waals surface area contributed by atoms with E-state index >= 15 is 0 Å². The minimum absolute atomic E-state index is 0.00705. The molecule has 2 amide bonds. The Morgan fingerprint density at radius 2 is 2.05 bits per heavy atom. The van der Waals surface area contributed by atoms with Gasteiger partial charge in [-0.1, -0.05) is 0 Å². The molecule has 6 heteroatoms. The number of likely N-dealkylation sites (tertiary alicyclic amines) is 2. The van der Waals surface area contributed by atoms with Crippen LogP contribution in [0.3, 0.4) is 0 Å². The van der Waals surface area contributed by atoms with E-state index in [-0.39, 0.29) is 17.9 Å². The normalized spacial score (nSPS) is 30.4. The summed E-state index contributed by atoms with van der Waals surface area (Å²) in [4.78, 5) is 29.4. The molecule has 2 aliphatic heterocycles. The molecule has 2 saturated heterocycles. The maximum Gasteiger partial charge on any atom is 0.245 e. The van der Waals surface area contributed by atoms with Gasteiger partial charge in [0.1, 0.15) is 6.04 Å². The number of rotatable bonds is 3. The SMILES string of the molecule is CC(=O)N1CCC[C@@H]1C(=O)N1CC[C@@](O)(CN(C)C)C1. The van der Waals surface area contributed by atoms with Crippen molar-refractivity contribution >= 4 is 11.8 Å². The van der Waals surface area contributed by atoms with Crippen LogP contribution in [0, 0.1) is 0 Å². The van der Waals surface area contributed by atoms with Crippen LogP contribution >= 0.6 is 0 Å². The standard InChI is InChI=1S/C14H25N3O3/c1-11(18)17-7-4-5-12(17)13(19)16-8-6-14(20,10-16)9-15(2)3/h12,20H,4-10H2,1-3H3/t12-,14-/m1/s1. The van der Waals surface area contributed by atoms with E-state index in [0.717, 1.165) is 12.8 Å². The smallest absolute Gasteiger partial charge is 0.245 e. The molecule has 0 aromatic heterocycles. The lowest BCUT2D eigenvalue weighted by molar-refractivity contribution is -0.142. The minimum Gasteiger partial charge on any atom is -0.387 e. The van der Waals surface area contributed by atoms with Crippen molar-refractivity contribution in [2.75, 3.05) is 40.3 Å². The van der Waals surface area contributed by atoms with E-state index in [4.69, 9.17) is 0 Å². The molecule has 0 unspecified atom stereocenters. The summed E-state index contributed by atoms with van der Waals surface area (Å²) in [6.45, 7) is 3.68. The first-order valence-corrected chi connectivity index (χ1v) is 7.25. The number of carbonyl (C=O) groups is 2. The fourth-order valence-corrected chi connectivity index (χ4v) is 3.37. The van der Waals surface area contributed by atoms with Crippen molar-refractivity contribution < 1.29 is 14.7 Å². The number of hydrogen-bond acceptors (Lipinski definition) is 4. The Morgan fingerprint density at radius 1 is 1.35 bits per heavy atom. The average molecular weight is 283 g/mol. The van der Waals surface area contributed by atoms with Gasteiger partial charge in [0.05, 0.1) is 12.1 Å². The van der Waals surface area contributed by atoms with Crippen molar-refractivity contribution in [3.05, 3.63) is 0 Å².